The molecule has 0 bridgehead atoms. The van der Waals surface area contributed by atoms with Crippen LogP contribution in [0, 0.1) is 18.2 Å². The van der Waals surface area contributed by atoms with Crippen molar-refractivity contribution >= 4 is 23.4 Å². The fourth-order valence-corrected chi connectivity index (χ4v) is 3.44. The van der Waals surface area contributed by atoms with E-state index in [-0.39, 0.29) is 34.3 Å². The van der Waals surface area contributed by atoms with Gasteiger partial charge in [0, 0.05) is 23.3 Å². The molecule has 2 N–H and O–H groups in total. The molecule has 0 radical (unpaired) electrons. The summed E-state index contributed by atoms with van der Waals surface area (Å²) < 4.78 is 40.2. The average molecular weight is 432 g/mol. The van der Waals surface area contributed by atoms with Crippen LogP contribution in [-0.4, -0.2) is 20.2 Å². The summed E-state index contributed by atoms with van der Waals surface area (Å²) in [5.74, 6) is -0.818. The molecule has 0 atom stereocenters. The Morgan fingerprint density at radius 1 is 1.28 bits per heavy atom. The minimum absolute atomic E-state index is 0.0975. The van der Waals surface area contributed by atoms with Crippen molar-refractivity contribution < 1.29 is 17.9 Å². The van der Waals surface area contributed by atoms with Crippen LogP contribution in [0.5, 0.6) is 11.6 Å². The van der Waals surface area contributed by atoms with Gasteiger partial charge < -0.3 is 14.5 Å². The summed E-state index contributed by atoms with van der Waals surface area (Å²) in [5, 5.41) is 9.82. The van der Waals surface area contributed by atoms with Crippen molar-refractivity contribution in [2.75, 3.05) is 5.32 Å². The van der Waals surface area contributed by atoms with E-state index in [0.717, 1.165) is 18.0 Å². The molecule has 1 aromatic carbocycles. The average Bonchev–Trinajstić information content (AvgIpc) is 3.53. The van der Waals surface area contributed by atoms with E-state index < -0.39 is 11.6 Å². The van der Waals surface area contributed by atoms with Crippen LogP contribution in [0.15, 0.2) is 46.8 Å². The van der Waals surface area contributed by atoms with Crippen LogP contribution in [0.1, 0.15) is 18.1 Å². The largest absolute Gasteiger partial charge is 0.463 e. The molecule has 158 valence electrons. The molecule has 3 aromatic heterocycles. The number of H-pyrrole nitrogens is 1. The standard InChI is InChI=1S/C22H14F2N6O2/c1-11-6-12-13(7-11)19(24)17(8-14(12)23)32-22-20(25-2)21(26-10-27-22)28-18-9-15(29-30-18)16-4-3-5-31-16/h3-5,7-10H,6H2,1H3,(H2,26,27,28,29,30). The summed E-state index contributed by atoms with van der Waals surface area (Å²) in [6, 6.07) is 6.14. The minimum atomic E-state index is -0.710. The maximum Gasteiger partial charge on any atom is 0.288 e. The van der Waals surface area contributed by atoms with Crippen LogP contribution in [-0.2, 0) is 6.42 Å². The summed E-state index contributed by atoms with van der Waals surface area (Å²) in [6.07, 6.45) is 4.61. The van der Waals surface area contributed by atoms with Gasteiger partial charge in [0.1, 0.15) is 23.7 Å². The predicted octanol–water partition coefficient (Wildman–Crippen LogP) is 5.78. The van der Waals surface area contributed by atoms with E-state index in [1.807, 2.05) is 0 Å². The first-order valence-electron chi connectivity index (χ1n) is 9.48. The number of allylic oxidation sites excluding steroid dienone is 1. The molecule has 0 amide bonds. The van der Waals surface area contributed by atoms with Gasteiger partial charge in [-0.05, 0) is 25.5 Å². The molecule has 1 aliphatic rings. The highest BCUT2D eigenvalue weighted by Crippen LogP contribution is 2.40. The Balaban J connectivity index is 1.46. The number of rotatable bonds is 5. The number of aromatic nitrogens is 4. The van der Waals surface area contributed by atoms with Gasteiger partial charge in [0.05, 0.1) is 12.8 Å². The molecule has 4 aromatic rings. The molecule has 10 heteroatoms. The van der Waals surface area contributed by atoms with Gasteiger partial charge in [-0.3, -0.25) is 5.10 Å². The lowest BCUT2D eigenvalue weighted by atomic mass is 10.1. The van der Waals surface area contributed by atoms with Gasteiger partial charge in [0.2, 0.25) is 5.88 Å². The van der Waals surface area contributed by atoms with Crippen molar-refractivity contribution in [2.24, 2.45) is 0 Å². The zero-order valence-electron chi connectivity index (χ0n) is 16.6. The molecule has 0 fully saturated rings. The molecule has 0 saturated heterocycles. The monoisotopic (exact) mass is 432 g/mol. The zero-order valence-corrected chi connectivity index (χ0v) is 16.6. The van der Waals surface area contributed by atoms with Gasteiger partial charge in [0.25, 0.3) is 5.69 Å². The third kappa shape index (κ3) is 3.35. The normalized spacial score (nSPS) is 12.2. The topological polar surface area (TPSA) is 93.2 Å². The Kier molecular flexibility index (Phi) is 4.63. The molecule has 3 heterocycles. The van der Waals surface area contributed by atoms with Crippen LogP contribution in [0.3, 0.4) is 0 Å². The lowest BCUT2D eigenvalue weighted by Gasteiger charge is -2.12. The second kappa shape index (κ2) is 7.63. The molecule has 32 heavy (non-hydrogen) atoms. The number of halogens is 2. The van der Waals surface area contributed by atoms with Crippen molar-refractivity contribution in [1.82, 2.24) is 20.2 Å². The number of furan rings is 1. The summed E-state index contributed by atoms with van der Waals surface area (Å²) in [4.78, 5) is 11.4. The van der Waals surface area contributed by atoms with E-state index in [2.05, 4.69) is 30.3 Å². The summed E-state index contributed by atoms with van der Waals surface area (Å²) in [6.45, 7) is 9.32. The third-order valence-corrected chi connectivity index (χ3v) is 4.89. The number of benzene rings is 1. The number of nitrogens with one attached hydrogen (secondary N) is 2. The van der Waals surface area contributed by atoms with Crippen LogP contribution in [0.2, 0.25) is 0 Å². The molecule has 8 nitrogen and oxygen atoms in total. The first-order valence-corrected chi connectivity index (χ1v) is 9.48. The van der Waals surface area contributed by atoms with E-state index in [9.17, 15) is 8.78 Å². The van der Waals surface area contributed by atoms with Gasteiger partial charge in [-0.2, -0.15) is 5.10 Å². The second-order valence-corrected chi connectivity index (χ2v) is 7.09. The fraction of sp³-hybridized carbons (Fsp3) is 0.0909. The predicted molar refractivity (Wildman–Crippen MR) is 112 cm³/mol. The first kappa shape index (κ1) is 19.4. The van der Waals surface area contributed by atoms with Crippen LogP contribution in [0.4, 0.5) is 26.1 Å². The van der Waals surface area contributed by atoms with Crippen molar-refractivity contribution in [1.29, 1.82) is 0 Å². The molecular formula is C22H14F2N6O2. The number of hydrogen-bond donors (Lipinski definition) is 2. The third-order valence-electron chi connectivity index (χ3n) is 4.89. The van der Waals surface area contributed by atoms with Gasteiger partial charge >= 0.3 is 0 Å². The molecule has 5 rings (SSSR count). The van der Waals surface area contributed by atoms with Gasteiger partial charge in [-0.25, -0.2) is 23.6 Å². The fourth-order valence-electron chi connectivity index (χ4n) is 3.44. The van der Waals surface area contributed by atoms with Crippen molar-refractivity contribution in [2.45, 2.75) is 13.3 Å². The first-order chi connectivity index (χ1) is 15.5. The van der Waals surface area contributed by atoms with Crippen molar-refractivity contribution in [3.8, 4) is 23.1 Å². The van der Waals surface area contributed by atoms with Crippen molar-refractivity contribution in [3.05, 3.63) is 76.6 Å². The minimum Gasteiger partial charge on any atom is -0.463 e. The van der Waals surface area contributed by atoms with E-state index in [4.69, 9.17) is 15.7 Å². The van der Waals surface area contributed by atoms with E-state index >= 15 is 0 Å². The Hall–Kier alpha value is -4.52. The highest BCUT2D eigenvalue weighted by Gasteiger charge is 2.24. The summed E-state index contributed by atoms with van der Waals surface area (Å²) in [5.41, 5.74) is 1.79. The lowest BCUT2D eigenvalue weighted by molar-refractivity contribution is 0.422. The van der Waals surface area contributed by atoms with E-state index in [1.165, 1.54) is 6.26 Å². The Bertz CT molecular complexity index is 1400. The van der Waals surface area contributed by atoms with Crippen LogP contribution >= 0.6 is 0 Å². The van der Waals surface area contributed by atoms with Gasteiger partial charge in [-0.1, -0.05) is 11.6 Å². The molecule has 0 aliphatic heterocycles. The number of nitrogens with zero attached hydrogens (tertiary/aromatic N) is 4. The Morgan fingerprint density at radius 2 is 2.16 bits per heavy atom. The Morgan fingerprint density at radius 3 is 2.94 bits per heavy atom. The van der Waals surface area contributed by atoms with Gasteiger partial charge in [-0.15, -0.1) is 0 Å². The number of fused-ring (bicyclic) bond motifs is 1. The SMILES string of the molecule is [C-]#[N+]c1c(Nc2cc(-c3ccco3)[nH]n2)ncnc1Oc1cc(F)c2c(c1F)C=C(C)C2. The highest BCUT2D eigenvalue weighted by molar-refractivity contribution is 5.75. The lowest BCUT2D eigenvalue weighted by Crippen LogP contribution is -2.01. The van der Waals surface area contributed by atoms with Crippen molar-refractivity contribution in [3.63, 3.8) is 0 Å². The van der Waals surface area contributed by atoms with E-state index in [0.29, 0.717) is 23.7 Å². The number of ether oxygens (including phenoxy) is 1. The smallest absolute Gasteiger partial charge is 0.288 e. The molecule has 0 spiro atoms. The maximum atomic E-state index is 14.9. The van der Waals surface area contributed by atoms with E-state index in [1.54, 1.807) is 31.2 Å². The maximum absolute atomic E-state index is 14.9. The quantitative estimate of drug-likeness (QED) is 0.388. The summed E-state index contributed by atoms with van der Waals surface area (Å²) >= 11 is 0. The second-order valence-electron chi connectivity index (χ2n) is 7.09. The molecule has 0 saturated carbocycles. The molecule has 0 unspecified atom stereocenters. The van der Waals surface area contributed by atoms with Gasteiger partial charge in [0.15, 0.2) is 23.1 Å². The molecule has 1 aliphatic carbocycles. The Labute approximate surface area is 180 Å². The number of anilines is 2. The zero-order chi connectivity index (χ0) is 22.2. The van der Waals surface area contributed by atoms with Crippen LogP contribution < -0.4 is 10.1 Å². The summed E-state index contributed by atoms with van der Waals surface area (Å²) in [7, 11) is 0. The number of aromatic amines is 1. The van der Waals surface area contributed by atoms with Crippen LogP contribution in [0.25, 0.3) is 22.4 Å². The molecular weight excluding hydrogens is 418 g/mol. The highest BCUT2D eigenvalue weighted by atomic mass is 19.1. The number of hydrogen-bond acceptors (Lipinski definition) is 6.